The monoisotopic (exact) mass is 300 g/mol. The van der Waals surface area contributed by atoms with E-state index in [1.165, 1.54) is 37.0 Å². The van der Waals surface area contributed by atoms with Crippen molar-refractivity contribution in [3.63, 3.8) is 0 Å². The van der Waals surface area contributed by atoms with Gasteiger partial charge >= 0.3 is 0 Å². The summed E-state index contributed by atoms with van der Waals surface area (Å²) in [7, 11) is 0. The minimum Gasteiger partial charge on any atom is -0.119 e. The van der Waals surface area contributed by atoms with Crippen molar-refractivity contribution in [3.8, 4) is 0 Å². The van der Waals surface area contributed by atoms with E-state index in [0.717, 1.165) is 5.92 Å². The molecule has 1 aromatic carbocycles. The van der Waals surface area contributed by atoms with Gasteiger partial charge in [-0.05, 0) is 66.9 Å². The summed E-state index contributed by atoms with van der Waals surface area (Å²) in [5.41, 5.74) is 1.75. The first-order valence-corrected chi connectivity index (χ1v) is 9.39. The van der Waals surface area contributed by atoms with E-state index < -0.39 is 0 Å². The molecule has 3 saturated carbocycles. The number of rotatable bonds is 2. The highest BCUT2D eigenvalue weighted by atomic mass is 32.2. The molecule has 3 aliphatic carbocycles. The third kappa shape index (κ3) is 1.70. The predicted molar refractivity (Wildman–Crippen MR) is 91.6 cm³/mol. The van der Waals surface area contributed by atoms with Gasteiger partial charge in [0.15, 0.2) is 0 Å². The molecule has 4 rings (SSSR count). The number of benzene rings is 1. The van der Waals surface area contributed by atoms with Gasteiger partial charge < -0.3 is 0 Å². The van der Waals surface area contributed by atoms with Crippen LogP contribution in [0, 0.1) is 22.2 Å². The lowest BCUT2D eigenvalue weighted by Gasteiger charge is -2.50. The lowest BCUT2D eigenvalue weighted by molar-refractivity contribution is -0.0121. The Morgan fingerprint density at radius 2 is 1.71 bits per heavy atom. The molecule has 1 aromatic rings. The summed E-state index contributed by atoms with van der Waals surface area (Å²) in [6.07, 6.45) is 7.22. The number of hydrogen-bond donors (Lipinski definition) is 0. The van der Waals surface area contributed by atoms with Crippen LogP contribution in [-0.4, -0.2) is 4.75 Å². The first-order chi connectivity index (χ1) is 9.83. The van der Waals surface area contributed by atoms with Gasteiger partial charge in [0.1, 0.15) is 0 Å². The van der Waals surface area contributed by atoms with E-state index in [4.69, 9.17) is 0 Å². The number of hydrogen-bond acceptors (Lipinski definition) is 1. The fourth-order valence-corrected chi connectivity index (χ4v) is 8.26. The van der Waals surface area contributed by atoms with Crippen LogP contribution in [0.5, 0.6) is 0 Å². The van der Waals surface area contributed by atoms with Gasteiger partial charge in [-0.25, -0.2) is 0 Å². The summed E-state index contributed by atoms with van der Waals surface area (Å²) >= 11 is 2.16. The summed E-state index contributed by atoms with van der Waals surface area (Å²) in [4.78, 5) is 1.46. The van der Waals surface area contributed by atoms with Crippen LogP contribution in [0.4, 0.5) is 0 Å². The van der Waals surface area contributed by atoms with Crippen LogP contribution in [0.3, 0.4) is 0 Å². The molecular formula is C20H28S. The van der Waals surface area contributed by atoms with Gasteiger partial charge in [0.05, 0.1) is 0 Å². The van der Waals surface area contributed by atoms with Crippen molar-refractivity contribution in [2.75, 3.05) is 0 Å². The topological polar surface area (TPSA) is 0 Å². The van der Waals surface area contributed by atoms with Crippen molar-refractivity contribution >= 4 is 11.8 Å². The zero-order valence-corrected chi connectivity index (χ0v) is 14.7. The molecule has 3 aliphatic rings. The fourth-order valence-electron chi connectivity index (χ4n) is 6.61. The van der Waals surface area contributed by atoms with E-state index in [-0.39, 0.29) is 0 Å². The molecule has 0 aliphatic heterocycles. The largest absolute Gasteiger partial charge is 0.119 e. The maximum atomic E-state index is 2.62. The minimum absolute atomic E-state index is 0.442. The molecule has 114 valence electrons. The van der Waals surface area contributed by atoms with Crippen LogP contribution in [0.1, 0.15) is 59.8 Å². The second-order valence-electron chi connectivity index (χ2n) is 8.93. The summed E-state index contributed by atoms with van der Waals surface area (Å²) in [5.74, 6) is 0.926. The van der Waals surface area contributed by atoms with Gasteiger partial charge in [-0.2, -0.15) is 0 Å². The molecule has 0 amide bonds. The molecular weight excluding hydrogens is 272 g/mol. The van der Waals surface area contributed by atoms with Gasteiger partial charge in [-0.3, -0.25) is 0 Å². The normalized spacial score (nSPS) is 46.8. The van der Waals surface area contributed by atoms with E-state index in [2.05, 4.69) is 69.8 Å². The molecule has 0 bridgehead atoms. The van der Waals surface area contributed by atoms with Gasteiger partial charge in [0.2, 0.25) is 0 Å². The average Bonchev–Trinajstić information content (AvgIpc) is 3.12. The maximum absolute atomic E-state index is 2.62. The molecule has 0 radical (unpaired) electrons. The Morgan fingerprint density at radius 1 is 1.00 bits per heavy atom. The quantitative estimate of drug-likeness (QED) is 0.630. The fraction of sp³-hybridized carbons (Fsp3) is 0.700. The van der Waals surface area contributed by atoms with E-state index in [1.807, 2.05) is 0 Å². The first-order valence-electron chi connectivity index (χ1n) is 8.57. The Morgan fingerprint density at radius 3 is 2.38 bits per heavy atom. The van der Waals surface area contributed by atoms with Gasteiger partial charge in [-0.15, -0.1) is 11.8 Å². The lowest BCUT2D eigenvalue weighted by atomic mass is 9.54. The van der Waals surface area contributed by atoms with Crippen molar-refractivity contribution in [3.05, 3.63) is 30.3 Å². The molecule has 3 fully saturated rings. The molecule has 4 atom stereocenters. The Kier molecular flexibility index (Phi) is 2.77. The maximum Gasteiger partial charge on any atom is 0.0218 e. The predicted octanol–water partition coefficient (Wildman–Crippen LogP) is 6.16. The van der Waals surface area contributed by atoms with Gasteiger partial charge in [0.25, 0.3) is 0 Å². The molecule has 0 N–H and O–H groups in total. The van der Waals surface area contributed by atoms with Crippen molar-refractivity contribution in [2.45, 2.75) is 69.4 Å². The molecule has 21 heavy (non-hydrogen) atoms. The lowest BCUT2D eigenvalue weighted by Crippen LogP contribution is -2.42. The number of thioether (sulfide) groups is 1. The molecule has 0 saturated heterocycles. The highest BCUT2D eigenvalue weighted by molar-refractivity contribution is 8.00. The van der Waals surface area contributed by atoms with Crippen molar-refractivity contribution in [1.29, 1.82) is 0 Å². The summed E-state index contributed by atoms with van der Waals surface area (Å²) in [6.45, 7) is 10.3. The third-order valence-electron chi connectivity index (χ3n) is 7.35. The second kappa shape index (κ2) is 4.10. The molecule has 0 aromatic heterocycles. The summed E-state index contributed by atoms with van der Waals surface area (Å²) < 4.78 is 0.442. The minimum atomic E-state index is 0.442. The smallest absolute Gasteiger partial charge is 0.0218 e. The van der Waals surface area contributed by atoms with Crippen LogP contribution >= 0.6 is 11.8 Å². The van der Waals surface area contributed by atoms with Crippen LogP contribution in [-0.2, 0) is 0 Å². The van der Waals surface area contributed by atoms with E-state index >= 15 is 0 Å². The molecule has 0 nitrogen and oxygen atoms in total. The Labute approximate surface area is 134 Å². The average molecular weight is 301 g/mol. The van der Waals surface area contributed by atoms with Crippen LogP contribution in [0.25, 0.3) is 0 Å². The van der Waals surface area contributed by atoms with E-state index in [0.29, 0.717) is 21.0 Å². The van der Waals surface area contributed by atoms with Crippen LogP contribution in [0.15, 0.2) is 35.2 Å². The van der Waals surface area contributed by atoms with Crippen LogP contribution in [0.2, 0.25) is 0 Å². The van der Waals surface area contributed by atoms with E-state index in [9.17, 15) is 0 Å². The molecule has 0 heterocycles. The Hall–Kier alpha value is -0.430. The standard InChI is InChI=1S/C20H28S/c1-17(2)11-8-12-18(3)14-19(4,16-13-20(16,17)18)21-15-9-6-5-7-10-15/h5-7,9-10,16H,8,11-14H2,1-4H3/t16-,18-,19?,20-/m1/s1. The molecule has 1 unspecified atom stereocenters. The SMILES string of the molecule is CC1(Sc2ccccc2)C[C@@]2(C)CCCC(C)(C)[C@]23C[C@H]13. The zero-order valence-electron chi connectivity index (χ0n) is 13.9. The Bertz CT molecular complexity index is 562. The van der Waals surface area contributed by atoms with Crippen molar-refractivity contribution in [2.24, 2.45) is 22.2 Å². The highest BCUT2D eigenvalue weighted by Gasteiger charge is 2.80. The highest BCUT2D eigenvalue weighted by Crippen LogP contribution is 2.86. The van der Waals surface area contributed by atoms with Crippen molar-refractivity contribution < 1.29 is 0 Å². The van der Waals surface area contributed by atoms with Gasteiger partial charge in [0, 0.05) is 9.64 Å². The van der Waals surface area contributed by atoms with Crippen LogP contribution < -0.4 is 0 Å². The second-order valence-corrected chi connectivity index (χ2v) is 10.5. The van der Waals surface area contributed by atoms with E-state index in [1.54, 1.807) is 0 Å². The molecule has 1 heteroatoms. The zero-order chi connectivity index (χ0) is 14.9. The molecule has 1 spiro atoms. The van der Waals surface area contributed by atoms with Gasteiger partial charge in [-0.1, -0.05) is 45.4 Å². The Balaban J connectivity index is 1.69. The summed E-state index contributed by atoms with van der Waals surface area (Å²) in [5, 5.41) is 0. The summed E-state index contributed by atoms with van der Waals surface area (Å²) in [6, 6.07) is 11.1. The first kappa shape index (κ1) is 14.2. The van der Waals surface area contributed by atoms with Crippen molar-refractivity contribution in [1.82, 2.24) is 0 Å². The third-order valence-corrected chi connectivity index (χ3v) is 8.75.